The molecule has 3 heterocycles. The third-order valence-corrected chi connectivity index (χ3v) is 5.45. The number of ether oxygens (including phenoxy) is 1. The van der Waals surface area contributed by atoms with Crippen molar-refractivity contribution in [2.75, 3.05) is 19.7 Å². The first-order valence-corrected chi connectivity index (χ1v) is 10.2. The molecule has 0 radical (unpaired) electrons. The van der Waals surface area contributed by atoms with Crippen LogP contribution in [-0.4, -0.2) is 50.8 Å². The van der Waals surface area contributed by atoms with Crippen LogP contribution >= 0.6 is 0 Å². The van der Waals surface area contributed by atoms with E-state index in [1.54, 1.807) is 13.8 Å². The van der Waals surface area contributed by atoms with E-state index in [2.05, 4.69) is 26.3 Å². The van der Waals surface area contributed by atoms with Crippen molar-refractivity contribution in [3.8, 4) is 11.8 Å². The van der Waals surface area contributed by atoms with E-state index >= 15 is 0 Å². The van der Waals surface area contributed by atoms with E-state index < -0.39 is 11.5 Å². The Bertz CT molecular complexity index is 934. The molecule has 1 unspecified atom stereocenters. The number of likely N-dealkylation sites (tertiary alicyclic amines) is 1. The molecule has 4 rings (SSSR count). The summed E-state index contributed by atoms with van der Waals surface area (Å²) in [5.41, 5.74) is 6.70. The Morgan fingerprint density at radius 2 is 2.14 bits per heavy atom. The van der Waals surface area contributed by atoms with Crippen molar-refractivity contribution in [1.82, 2.24) is 14.5 Å². The Balaban J connectivity index is 1.75. The second-order valence-electron chi connectivity index (χ2n) is 8.40. The van der Waals surface area contributed by atoms with E-state index in [-0.39, 0.29) is 5.92 Å². The molecule has 1 amide bonds. The topological polar surface area (TPSA) is 93.6 Å². The Hall–Kier alpha value is -2.56. The molecule has 1 aromatic heterocycles. The molecule has 0 bridgehead atoms. The number of amides is 1. The summed E-state index contributed by atoms with van der Waals surface area (Å²) in [6.07, 6.45) is 7.12. The van der Waals surface area contributed by atoms with Crippen LogP contribution in [0.25, 0.3) is 5.57 Å². The molecule has 0 aromatic carbocycles. The first-order valence-electron chi connectivity index (χ1n) is 10.2. The first kappa shape index (κ1) is 19.7. The molecular weight excluding hydrogens is 368 g/mol. The predicted octanol–water partition coefficient (Wildman–Crippen LogP) is 1.67. The lowest BCUT2D eigenvalue weighted by atomic mass is 9.94. The van der Waals surface area contributed by atoms with Crippen LogP contribution in [0.2, 0.25) is 0 Å². The molecule has 7 heteroatoms. The van der Waals surface area contributed by atoms with E-state index in [4.69, 9.17) is 10.5 Å². The van der Waals surface area contributed by atoms with Gasteiger partial charge in [-0.05, 0) is 52.3 Å². The highest BCUT2D eigenvalue weighted by Gasteiger charge is 2.30. The minimum atomic E-state index is -1.04. The van der Waals surface area contributed by atoms with Crippen molar-refractivity contribution in [3.63, 3.8) is 0 Å². The molecule has 154 valence electrons. The van der Waals surface area contributed by atoms with E-state index in [0.717, 1.165) is 30.1 Å². The molecule has 3 aliphatic rings. The Morgan fingerprint density at radius 1 is 1.38 bits per heavy atom. The van der Waals surface area contributed by atoms with Crippen molar-refractivity contribution in [1.29, 1.82) is 0 Å². The number of rotatable bonds is 3. The summed E-state index contributed by atoms with van der Waals surface area (Å²) in [7, 11) is 0. The number of fused-ring (bicyclic) bond motifs is 3. The van der Waals surface area contributed by atoms with Crippen molar-refractivity contribution in [3.05, 3.63) is 35.1 Å². The highest BCUT2D eigenvalue weighted by molar-refractivity contribution is 5.93. The number of nitrogens with zero attached hydrogens (tertiary/aromatic N) is 3. The maximum atomic E-state index is 12.1. The lowest BCUT2D eigenvalue weighted by Gasteiger charge is -2.18. The average Bonchev–Trinajstić information content (AvgIpc) is 3.25. The van der Waals surface area contributed by atoms with Crippen LogP contribution in [0.15, 0.2) is 17.9 Å². The van der Waals surface area contributed by atoms with Gasteiger partial charge in [0.2, 0.25) is 0 Å². The molecule has 1 aliphatic carbocycles. The van der Waals surface area contributed by atoms with Gasteiger partial charge in [-0.1, -0.05) is 17.9 Å². The normalized spacial score (nSPS) is 21.7. The van der Waals surface area contributed by atoms with Crippen LogP contribution < -0.4 is 5.73 Å². The van der Waals surface area contributed by atoms with Crippen LogP contribution in [0.3, 0.4) is 0 Å². The summed E-state index contributed by atoms with van der Waals surface area (Å²) in [6.45, 7) is 7.19. The van der Waals surface area contributed by atoms with Crippen molar-refractivity contribution >= 4 is 11.5 Å². The monoisotopic (exact) mass is 396 g/mol. The van der Waals surface area contributed by atoms with Gasteiger partial charge >= 0.3 is 0 Å². The van der Waals surface area contributed by atoms with Gasteiger partial charge in [0.1, 0.15) is 23.8 Å². The van der Waals surface area contributed by atoms with Crippen LogP contribution in [0.5, 0.6) is 0 Å². The van der Waals surface area contributed by atoms with Gasteiger partial charge in [-0.3, -0.25) is 9.69 Å². The molecule has 7 nitrogen and oxygen atoms in total. The number of allylic oxidation sites excluding steroid dienone is 3. The predicted molar refractivity (Wildman–Crippen MR) is 109 cm³/mol. The summed E-state index contributed by atoms with van der Waals surface area (Å²) in [5.74, 6) is 6.97. The molecular formula is C22H28N4O3. The summed E-state index contributed by atoms with van der Waals surface area (Å²) in [5, 5.41) is 9.91. The molecule has 0 spiro atoms. The van der Waals surface area contributed by atoms with Crippen molar-refractivity contribution < 1.29 is 14.6 Å². The van der Waals surface area contributed by atoms with Gasteiger partial charge in [0.15, 0.2) is 5.69 Å². The number of hydrogen-bond donors (Lipinski definition) is 2. The zero-order valence-electron chi connectivity index (χ0n) is 17.1. The van der Waals surface area contributed by atoms with E-state index in [1.807, 2.05) is 12.2 Å². The summed E-state index contributed by atoms with van der Waals surface area (Å²) >= 11 is 0. The van der Waals surface area contributed by atoms with Gasteiger partial charge in [-0.2, -0.15) is 0 Å². The number of carbonyl (C=O) groups is 1. The maximum Gasteiger partial charge on any atom is 0.269 e. The van der Waals surface area contributed by atoms with Gasteiger partial charge in [-0.25, -0.2) is 4.98 Å². The number of aliphatic hydroxyl groups is 1. The molecule has 3 N–H and O–H groups in total. The van der Waals surface area contributed by atoms with Gasteiger partial charge in [0, 0.05) is 12.5 Å². The number of nitrogens with two attached hydrogens (primary N) is 1. The third kappa shape index (κ3) is 4.24. The zero-order valence-corrected chi connectivity index (χ0v) is 17.1. The quantitative estimate of drug-likeness (QED) is 0.758. The summed E-state index contributed by atoms with van der Waals surface area (Å²) in [6, 6.07) is 0. The Morgan fingerprint density at radius 3 is 2.83 bits per heavy atom. The number of hydrogen-bond acceptors (Lipinski definition) is 5. The van der Waals surface area contributed by atoms with Gasteiger partial charge in [0.05, 0.1) is 17.8 Å². The van der Waals surface area contributed by atoms with E-state index in [1.165, 1.54) is 12.8 Å². The SMILES string of the molecule is CC(C)(O)C#CC1C=C2C(=CC1)OCCn1c2nc(C(N)=O)c1CN1CCCC1. The number of primary amides is 1. The van der Waals surface area contributed by atoms with E-state index in [9.17, 15) is 9.90 Å². The second-order valence-corrected chi connectivity index (χ2v) is 8.40. The van der Waals surface area contributed by atoms with Gasteiger partial charge in [-0.15, -0.1) is 0 Å². The molecule has 1 fully saturated rings. The van der Waals surface area contributed by atoms with Crippen LogP contribution in [0.4, 0.5) is 0 Å². The number of carbonyl (C=O) groups excluding carboxylic acids is 1. The fraction of sp³-hybridized carbons (Fsp3) is 0.545. The lowest BCUT2D eigenvalue weighted by Crippen LogP contribution is -2.24. The van der Waals surface area contributed by atoms with E-state index in [0.29, 0.717) is 37.6 Å². The van der Waals surface area contributed by atoms with Gasteiger partial charge < -0.3 is 20.1 Å². The third-order valence-electron chi connectivity index (χ3n) is 5.45. The van der Waals surface area contributed by atoms with Crippen molar-refractivity contribution in [2.24, 2.45) is 11.7 Å². The molecule has 29 heavy (non-hydrogen) atoms. The Labute approximate surface area is 171 Å². The number of aromatic nitrogens is 2. The molecule has 1 saturated heterocycles. The largest absolute Gasteiger partial charge is 0.491 e. The number of imidazole rings is 1. The minimum absolute atomic E-state index is 0.0499. The van der Waals surface area contributed by atoms with Gasteiger partial charge in [0.25, 0.3) is 5.91 Å². The van der Waals surface area contributed by atoms with Crippen LogP contribution in [0, 0.1) is 17.8 Å². The highest BCUT2D eigenvalue weighted by atomic mass is 16.5. The average molecular weight is 396 g/mol. The smallest absolute Gasteiger partial charge is 0.269 e. The fourth-order valence-corrected chi connectivity index (χ4v) is 4.08. The molecule has 1 aromatic rings. The second kappa shape index (κ2) is 7.69. The molecule has 1 atom stereocenters. The van der Waals surface area contributed by atoms with Crippen molar-refractivity contribution in [2.45, 2.75) is 51.8 Å². The highest BCUT2D eigenvalue weighted by Crippen LogP contribution is 2.34. The van der Waals surface area contributed by atoms with Crippen LogP contribution in [0.1, 0.15) is 55.1 Å². The first-order chi connectivity index (χ1) is 13.8. The Kier molecular flexibility index (Phi) is 5.24. The lowest BCUT2D eigenvalue weighted by molar-refractivity contribution is 0.0993. The van der Waals surface area contributed by atoms with Crippen LogP contribution in [-0.2, 0) is 17.8 Å². The maximum absolute atomic E-state index is 12.1. The standard InChI is InChI=1S/C22H28N4O3/c1-22(2,28)8-7-15-5-6-18-16(13-15)21-24-19(20(23)27)17(26(21)11-12-29-18)14-25-9-3-4-10-25/h6,13,15,28H,3-5,9-12,14H2,1-2H3,(H2,23,27). The summed E-state index contributed by atoms with van der Waals surface area (Å²) in [4.78, 5) is 19.1. The molecule has 0 saturated carbocycles. The molecule has 2 aliphatic heterocycles. The fourth-order valence-electron chi connectivity index (χ4n) is 4.08. The zero-order chi connectivity index (χ0) is 20.6. The minimum Gasteiger partial charge on any atom is -0.491 e. The summed E-state index contributed by atoms with van der Waals surface area (Å²) < 4.78 is 8.05.